The monoisotopic (exact) mass is 317 g/mol. The van der Waals surface area contributed by atoms with E-state index in [2.05, 4.69) is 44.8 Å². The smallest absolute Gasteiger partial charge is 0.222 e. The third kappa shape index (κ3) is 3.59. The zero-order chi connectivity index (χ0) is 10.7. The SMILES string of the molecule is CCC(CC1CC1)Nc1ncc(I)cn1. The Morgan fingerprint density at radius 3 is 2.67 bits per heavy atom. The van der Waals surface area contributed by atoms with E-state index < -0.39 is 0 Å². The van der Waals surface area contributed by atoms with Crippen molar-refractivity contribution in [1.29, 1.82) is 0 Å². The maximum absolute atomic E-state index is 4.26. The van der Waals surface area contributed by atoms with E-state index in [1.807, 2.05) is 12.4 Å². The van der Waals surface area contributed by atoms with Gasteiger partial charge >= 0.3 is 0 Å². The van der Waals surface area contributed by atoms with E-state index in [1.165, 1.54) is 19.3 Å². The van der Waals surface area contributed by atoms with E-state index in [4.69, 9.17) is 0 Å². The zero-order valence-corrected chi connectivity index (χ0v) is 11.1. The van der Waals surface area contributed by atoms with Crippen molar-refractivity contribution in [2.75, 3.05) is 5.32 Å². The fourth-order valence-corrected chi connectivity index (χ4v) is 1.93. The van der Waals surface area contributed by atoms with Crippen molar-refractivity contribution in [2.45, 2.75) is 38.6 Å². The highest BCUT2D eigenvalue weighted by Gasteiger charge is 2.24. The van der Waals surface area contributed by atoms with Gasteiger partial charge in [0.15, 0.2) is 0 Å². The normalized spacial score (nSPS) is 17.5. The minimum absolute atomic E-state index is 0.539. The number of anilines is 1. The van der Waals surface area contributed by atoms with E-state index in [-0.39, 0.29) is 0 Å². The second-order valence-electron chi connectivity index (χ2n) is 4.15. The number of aromatic nitrogens is 2. The Kier molecular flexibility index (Phi) is 3.77. The lowest BCUT2D eigenvalue weighted by atomic mass is 10.1. The molecule has 0 bridgehead atoms. The summed E-state index contributed by atoms with van der Waals surface area (Å²) in [6, 6.07) is 0.539. The van der Waals surface area contributed by atoms with Gasteiger partial charge < -0.3 is 5.32 Å². The van der Waals surface area contributed by atoms with Gasteiger partial charge in [-0.3, -0.25) is 0 Å². The Bertz CT molecular complexity index is 308. The molecule has 1 aliphatic rings. The predicted molar refractivity (Wildman–Crippen MR) is 69.8 cm³/mol. The highest BCUT2D eigenvalue weighted by Crippen LogP contribution is 2.34. The van der Waals surface area contributed by atoms with Crippen molar-refractivity contribution < 1.29 is 0 Å². The summed E-state index contributed by atoms with van der Waals surface area (Å²) in [4.78, 5) is 8.53. The van der Waals surface area contributed by atoms with Crippen LogP contribution < -0.4 is 5.32 Å². The van der Waals surface area contributed by atoms with Gasteiger partial charge in [0.2, 0.25) is 5.95 Å². The van der Waals surface area contributed by atoms with Gasteiger partial charge in [0.25, 0.3) is 0 Å². The van der Waals surface area contributed by atoms with Gasteiger partial charge in [-0.15, -0.1) is 0 Å². The molecular formula is C11H16IN3. The summed E-state index contributed by atoms with van der Waals surface area (Å²) in [7, 11) is 0. The highest BCUT2D eigenvalue weighted by atomic mass is 127. The maximum Gasteiger partial charge on any atom is 0.222 e. The van der Waals surface area contributed by atoms with Crippen molar-refractivity contribution in [2.24, 2.45) is 5.92 Å². The Hall–Kier alpha value is -0.390. The molecule has 0 saturated heterocycles. The molecule has 3 nitrogen and oxygen atoms in total. The third-order valence-corrected chi connectivity index (χ3v) is 3.32. The molecule has 0 aromatic carbocycles. The molecule has 1 aliphatic carbocycles. The van der Waals surface area contributed by atoms with Gasteiger partial charge in [-0.1, -0.05) is 19.8 Å². The van der Waals surface area contributed by atoms with Gasteiger partial charge in [-0.2, -0.15) is 0 Å². The molecule has 1 heterocycles. The van der Waals surface area contributed by atoms with Crippen LogP contribution in [0, 0.1) is 9.49 Å². The summed E-state index contributed by atoms with van der Waals surface area (Å²) in [5, 5.41) is 3.40. The number of nitrogens with zero attached hydrogens (tertiary/aromatic N) is 2. The van der Waals surface area contributed by atoms with Gasteiger partial charge in [0, 0.05) is 22.0 Å². The van der Waals surface area contributed by atoms with Crippen molar-refractivity contribution in [3.63, 3.8) is 0 Å². The second kappa shape index (κ2) is 5.09. The maximum atomic E-state index is 4.26. The fraction of sp³-hybridized carbons (Fsp3) is 0.636. The van der Waals surface area contributed by atoms with Crippen LogP contribution in [0.3, 0.4) is 0 Å². The van der Waals surface area contributed by atoms with Crippen LogP contribution in [-0.4, -0.2) is 16.0 Å². The molecule has 4 heteroatoms. The van der Waals surface area contributed by atoms with Crippen LogP contribution in [0.15, 0.2) is 12.4 Å². The van der Waals surface area contributed by atoms with E-state index in [0.29, 0.717) is 6.04 Å². The minimum atomic E-state index is 0.539. The van der Waals surface area contributed by atoms with Crippen LogP contribution >= 0.6 is 22.6 Å². The van der Waals surface area contributed by atoms with E-state index in [0.717, 1.165) is 21.9 Å². The molecule has 1 fully saturated rings. The lowest BCUT2D eigenvalue weighted by molar-refractivity contribution is 0.583. The Labute approximate surface area is 104 Å². The summed E-state index contributed by atoms with van der Waals surface area (Å²) in [6.45, 7) is 2.22. The van der Waals surface area contributed by atoms with E-state index in [9.17, 15) is 0 Å². The summed E-state index contributed by atoms with van der Waals surface area (Å²) < 4.78 is 1.08. The summed E-state index contributed by atoms with van der Waals surface area (Å²) in [6.07, 6.45) is 8.93. The van der Waals surface area contributed by atoms with E-state index in [1.54, 1.807) is 0 Å². The number of nitrogens with one attached hydrogen (secondary N) is 1. The van der Waals surface area contributed by atoms with Crippen LogP contribution in [0.25, 0.3) is 0 Å². The molecule has 1 N–H and O–H groups in total. The van der Waals surface area contributed by atoms with Crippen molar-refractivity contribution in [3.05, 3.63) is 16.0 Å². The van der Waals surface area contributed by atoms with Crippen LogP contribution in [0.5, 0.6) is 0 Å². The molecule has 1 aromatic heterocycles. The first-order valence-electron chi connectivity index (χ1n) is 5.52. The molecule has 82 valence electrons. The first-order valence-corrected chi connectivity index (χ1v) is 6.60. The molecular weight excluding hydrogens is 301 g/mol. The average molecular weight is 317 g/mol. The number of hydrogen-bond donors (Lipinski definition) is 1. The summed E-state index contributed by atoms with van der Waals surface area (Å²) in [5.74, 6) is 1.72. The van der Waals surface area contributed by atoms with Crippen molar-refractivity contribution in [3.8, 4) is 0 Å². The molecule has 1 unspecified atom stereocenters. The summed E-state index contributed by atoms with van der Waals surface area (Å²) in [5.41, 5.74) is 0. The molecule has 1 saturated carbocycles. The Balaban J connectivity index is 1.89. The minimum Gasteiger partial charge on any atom is -0.351 e. The molecule has 0 spiro atoms. The lowest BCUT2D eigenvalue weighted by Gasteiger charge is -2.16. The van der Waals surface area contributed by atoms with Gasteiger partial charge in [0.1, 0.15) is 0 Å². The quantitative estimate of drug-likeness (QED) is 0.848. The van der Waals surface area contributed by atoms with Crippen molar-refractivity contribution >= 4 is 28.5 Å². The van der Waals surface area contributed by atoms with Gasteiger partial charge in [-0.05, 0) is 41.4 Å². The van der Waals surface area contributed by atoms with Gasteiger partial charge in [-0.25, -0.2) is 9.97 Å². The number of rotatable bonds is 5. The summed E-state index contributed by atoms with van der Waals surface area (Å²) >= 11 is 2.22. The molecule has 0 aliphatic heterocycles. The number of hydrogen-bond acceptors (Lipinski definition) is 3. The third-order valence-electron chi connectivity index (χ3n) is 2.76. The molecule has 0 amide bonds. The fourth-order valence-electron chi connectivity index (χ4n) is 1.65. The van der Waals surface area contributed by atoms with Crippen LogP contribution in [-0.2, 0) is 0 Å². The topological polar surface area (TPSA) is 37.8 Å². The Morgan fingerprint density at radius 1 is 1.47 bits per heavy atom. The zero-order valence-electron chi connectivity index (χ0n) is 8.91. The standard InChI is InChI=1S/C11H16IN3/c1-2-10(5-8-3-4-8)15-11-13-6-9(12)7-14-11/h6-8,10H,2-5H2,1H3,(H,13,14,15). The number of halogens is 1. The highest BCUT2D eigenvalue weighted by molar-refractivity contribution is 14.1. The van der Waals surface area contributed by atoms with E-state index >= 15 is 0 Å². The molecule has 1 atom stereocenters. The lowest BCUT2D eigenvalue weighted by Crippen LogP contribution is -2.20. The van der Waals surface area contributed by atoms with Crippen LogP contribution in [0.4, 0.5) is 5.95 Å². The first kappa shape index (κ1) is 11.1. The largest absolute Gasteiger partial charge is 0.351 e. The van der Waals surface area contributed by atoms with Crippen molar-refractivity contribution in [1.82, 2.24) is 9.97 Å². The average Bonchev–Trinajstić information content (AvgIpc) is 3.04. The predicted octanol–water partition coefficient (Wildman–Crippen LogP) is 3.07. The van der Waals surface area contributed by atoms with Crippen LogP contribution in [0.2, 0.25) is 0 Å². The molecule has 1 aromatic rings. The molecule has 2 rings (SSSR count). The Morgan fingerprint density at radius 2 is 2.13 bits per heavy atom. The molecule has 15 heavy (non-hydrogen) atoms. The first-order chi connectivity index (χ1) is 7.28. The van der Waals surface area contributed by atoms with Crippen LogP contribution in [0.1, 0.15) is 32.6 Å². The second-order valence-corrected chi connectivity index (χ2v) is 5.40. The molecule has 0 radical (unpaired) electrons. The van der Waals surface area contributed by atoms with Gasteiger partial charge in [0.05, 0.1) is 0 Å².